The summed E-state index contributed by atoms with van der Waals surface area (Å²) in [4.78, 5) is 11.4. The smallest absolute Gasteiger partial charge is 0.337 e. The van der Waals surface area contributed by atoms with Crippen LogP contribution in [0.5, 0.6) is 0 Å². The van der Waals surface area contributed by atoms with Crippen molar-refractivity contribution in [2.24, 2.45) is 0 Å². The number of carbonyl (C=O) groups is 1. The zero-order valence-electron chi connectivity index (χ0n) is 9.63. The standard InChI is InChI=1S/C12H15FN2O2/c1-17-12(16)7-5-8(10-3-2-4-15-10)11(14)9(13)6-7/h5-6,10,15H,2-4,14H2,1H3. The number of methoxy groups -OCH3 is 1. The second-order valence-electron chi connectivity index (χ2n) is 4.10. The average Bonchev–Trinajstić information content (AvgIpc) is 2.85. The van der Waals surface area contributed by atoms with Crippen LogP contribution < -0.4 is 11.1 Å². The minimum Gasteiger partial charge on any atom is -0.465 e. The molecule has 1 heterocycles. The maximum atomic E-state index is 13.6. The van der Waals surface area contributed by atoms with Crippen LogP contribution in [-0.2, 0) is 4.74 Å². The molecular formula is C12H15FN2O2. The molecule has 1 atom stereocenters. The molecule has 5 heteroatoms. The lowest BCUT2D eigenvalue weighted by Crippen LogP contribution is -2.16. The van der Waals surface area contributed by atoms with E-state index in [-0.39, 0.29) is 17.3 Å². The third-order valence-electron chi connectivity index (χ3n) is 3.02. The number of nitrogen functional groups attached to an aromatic ring is 1. The fourth-order valence-corrected chi connectivity index (χ4v) is 2.11. The Morgan fingerprint density at radius 2 is 2.35 bits per heavy atom. The van der Waals surface area contributed by atoms with Crippen LogP contribution in [0, 0.1) is 5.82 Å². The third kappa shape index (κ3) is 2.24. The molecule has 4 nitrogen and oxygen atoms in total. The molecule has 1 saturated heterocycles. The van der Waals surface area contributed by atoms with Crippen LogP contribution in [0.2, 0.25) is 0 Å². The van der Waals surface area contributed by atoms with Crippen LogP contribution in [0.3, 0.4) is 0 Å². The fourth-order valence-electron chi connectivity index (χ4n) is 2.11. The molecule has 0 bridgehead atoms. The molecule has 1 aromatic carbocycles. The Morgan fingerprint density at radius 3 is 2.94 bits per heavy atom. The predicted octanol–water partition coefficient (Wildman–Crippen LogP) is 1.62. The van der Waals surface area contributed by atoms with E-state index in [4.69, 9.17) is 5.73 Å². The number of rotatable bonds is 2. The molecule has 1 fully saturated rings. The molecule has 0 spiro atoms. The predicted molar refractivity (Wildman–Crippen MR) is 62.1 cm³/mol. The normalized spacial score (nSPS) is 19.3. The second-order valence-corrected chi connectivity index (χ2v) is 4.10. The van der Waals surface area contributed by atoms with E-state index >= 15 is 0 Å². The number of hydrogen-bond donors (Lipinski definition) is 2. The van der Waals surface area contributed by atoms with Crippen LogP contribution in [0.1, 0.15) is 34.8 Å². The van der Waals surface area contributed by atoms with Crippen LogP contribution >= 0.6 is 0 Å². The first-order valence-corrected chi connectivity index (χ1v) is 5.54. The minimum absolute atomic E-state index is 0.0223. The first-order chi connectivity index (χ1) is 8.13. The van der Waals surface area contributed by atoms with Gasteiger partial charge in [-0.1, -0.05) is 0 Å². The number of ether oxygens (including phenoxy) is 1. The zero-order chi connectivity index (χ0) is 12.4. The Hall–Kier alpha value is -1.62. The lowest BCUT2D eigenvalue weighted by atomic mass is 10.00. The largest absolute Gasteiger partial charge is 0.465 e. The number of nitrogens with one attached hydrogen (secondary N) is 1. The highest BCUT2D eigenvalue weighted by atomic mass is 19.1. The van der Waals surface area contributed by atoms with Crippen molar-refractivity contribution in [1.29, 1.82) is 0 Å². The van der Waals surface area contributed by atoms with Crippen molar-refractivity contribution in [2.75, 3.05) is 19.4 Å². The van der Waals surface area contributed by atoms with E-state index in [1.54, 1.807) is 6.07 Å². The molecule has 2 rings (SSSR count). The molecule has 1 aromatic rings. The van der Waals surface area contributed by atoms with E-state index in [0.29, 0.717) is 5.56 Å². The molecule has 92 valence electrons. The van der Waals surface area contributed by atoms with Crippen LogP contribution in [-0.4, -0.2) is 19.6 Å². The Morgan fingerprint density at radius 1 is 1.59 bits per heavy atom. The van der Waals surface area contributed by atoms with Crippen molar-refractivity contribution in [1.82, 2.24) is 5.32 Å². The number of nitrogens with two attached hydrogens (primary N) is 1. The number of hydrogen-bond acceptors (Lipinski definition) is 4. The highest BCUT2D eigenvalue weighted by molar-refractivity contribution is 5.90. The van der Waals surface area contributed by atoms with E-state index in [0.717, 1.165) is 25.5 Å². The van der Waals surface area contributed by atoms with E-state index < -0.39 is 11.8 Å². The van der Waals surface area contributed by atoms with Gasteiger partial charge < -0.3 is 15.8 Å². The summed E-state index contributed by atoms with van der Waals surface area (Å²) in [6, 6.07) is 2.74. The summed E-state index contributed by atoms with van der Waals surface area (Å²) in [6.07, 6.45) is 1.92. The summed E-state index contributed by atoms with van der Waals surface area (Å²) < 4.78 is 18.2. The molecule has 1 aliphatic heterocycles. The van der Waals surface area contributed by atoms with Gasteiger partial charge in [0, 0.05) is 6.04 Å². The van der Waals surface area contributed by atoms with Crippen molar-refractivity contribution in [3.63, 3.8) is 0 Å². The number of carbonyl (C=O) groups excluding carboxylic acids is 1. The van der Waals surface area contributed by atoms with Crippen molar-refractivity contribution in [3.05, 3.63) is 29.1 Å². The molecule has 3 N–H and O–H groups in total. The topological polar surface area (TPSA) is 64.3 Å². The Bertz CT molecular complexity index is 442. The van der Waals surface area contributed by atoms with Crippen LogP contribution in [0.4, 0.5) is 10.1 Å². The quantitative estimate of drug-likeness (QED) is 0.607. The fraction of sp³-hybridized carbons (Fsp3) is 0.417. The number of benzene rings is 1. The lowest BCUT2D eigenvalue weighted by molar-refractivity contribution is 0.0600. The van der Waals surface area contributed by atoms with Gasteiger partial charge in [0.15, 0.2) is 0 Å². The van der Waals surface area contributed by atoms with Gasteiger partial charge >= 0.3 is 5.97 Å². The summed E-state index contributed by atoms with van der Waals surface area (Å²) in [5.41, 5.74) is 6.65. The molecule has 0 radical (unpaired) electrons. The van der Waals surface area contributed by atoms with Gasteiger partial charge in [0.2, 0.25) is 0 Å². The summed E-state index contributed by atoms with van der Waals surface area (Å²) in [5.74, 6) is -1.13. The molecule has 1 unspecified atom stereocenters. The zero-order valence-corrected chi connectivity index (χ0v) is 9.63. The van der Waals surface area contributed by atoms with Gasteiger partial charge in [-0.05, 0) is 37.1 Å². The Kier molecular flexibility index (Phi) is 3.28. The number of anilines is 1. The Labute approximate surface area is 98.9 Å². The van der Waals surface area contributed by atoms with E-state index in [1.165, 1.54) is 7.11 Å². The van der Waals surface area contributed by atoms with Crippen molar-refractivity contribution < 1.29 is 13.9 Å². The van der Waals surface area contributed by atoms with Gasteiger partial charge in [0.25, 0.3) is 0 Å². The van der Waals surface area contributed by atoms with Gasteiger partial charge in [0.05, 0.1) is 18.4 Å². The number of halogens is 1. The third-order valence-corrected chi connectivity index (χ3v) is 3.02. The van der Waals surface area contributed by atoms with Crippen LogP contribution in [0.15, 0.2) is 12.1 Å². The first kappa shape index (κ1) is 11.9. The van der Waals surface area contributed by atoms with Gasteiger partial charge in [-0.25, -0.2) is 9.18 Å². The molecule has 0 saturated carbocycles. The summed E-state index contributed by atoms with van der Waals surface area (Å²) in [5, 5.41) is 3.23. The summed E-state index contributed by atoms with van der Waals surface area (Å²) >= 11 is 0. The molecule has 0 aliphatic carbocycles. The minimum atomic E-state index is -0.573. The van der Waals surface area contributed by atoms with Gasteiger partial charge in [0.1, 0.15) is 5.82 Å². The maximum Gasteiger partial charge on any atom is 0.337 e. The lowest BCUT2D eigenvalue weighted by Gasteiger charge is -2.15. The highest BCUT2D eigenvalue weighted by Crippen LogP contribution is 2.30. The van der Waals surface area contributed by atoms with Crippen LogP contribution in [0.25, 0.3) is 0 Å². The summed E-state index contributed by atoms with van der Waals surface area (Å²) in [6.45, 7) is 0.883. The highest BCUT2D eigenvalue weighted by Gasteiger charge is 2.22. The molecule has 0 aromatic heterocycles. The maximum absolute atomic E-state index is 13.6. The van der Waals surface area contributed by atoms with Crippen molar-refractivity contribution in [2.45, 2.75) is 18.9 Å². The first-order valence-electron chi connectivity index (χ1n) is 5.54. The van der Waals surface area contributed by atoms with E-state index in [2.05, 4.69) is 10.1 Å². The average molecular weight is 238 g/mol. The molecule has 0 amide bonds. The van der Waals surface area contributed by atoms with Crippen molar-refractivity contribution in [3.8, 4) is 0 Å². The van der Waals surface area contributed by atoms with Gasteiger partial charge in [-0.15, -0.1) is 0 Å². The SMILES string of the molecule is COC(=O)c1cc(F)c(N)c(C2CCCN2)c1. The Balaban J connectivity index is 2.42. The summed E-state index contributed by atoms with van der Waals surface area (Å²) in [7, 11) is 1.27. The number of esters is 1. The van der Waals surface area contributed by atoms with Gasteiger partial charge in [-0.2, -0.15) is 0 Å². The second kappa shape index (κ2) is 4.71. The van der Waals surface area contributed by atoms with Crippen molar-refractivity contribution >= 4 is 11.7 Å². The van der Waals surface area contributed by atoms with Gasteiger partial charge in [-0.3, -0.25) is 0 Å². The van der Waals surface area contributed by atoms with E-state index in [9.17, 15) is 9.18 Å². The monoisotopic (exact) mass is 238 g/mol. The molecule has 17 heavy (non-hydrogen) atoms. The van der Waals surface area contributed by atoms with E-state index in [1.807, 2.05) is 0 Å². The molecule has 1 aliphatic rings. The molecular weight excluding hydrogens is 223 g/mol.